The molecular weight excluding hydrogens is 208 g/mol. The van der Waals surface area contributed by atoms with Crippen LogP contribution in [0.25, 0.3) is 0 Å². The molecule has 2 aromatic rings. The van der Waals surface area contributed by atoms with Gasteiger partial charge in [-0.05, 0) is 18.1 Å². The quantitative estimate of drug-likeness (QED) is 0.829. The average molecular weight is 218 g/mol. The van der Waals surface area contributed by atoms with Crippen molar-refractivity contribution >= 4 is 11.8 Å². The summed E-state index contributed by atoms with van der Waals surface area (Å²) in [6, 6.07) is 8.55. The number of fused-ring (bicyclic) bond motifs is 1. The van der Waals surface area contributed by atoms with Gasteiger partial charge in [-0.15, -0.1) is 22.0 Å². The largest absolute Gasteiger partial charge is 0.177 e. The van der Waals surface area contributed by atoms with E-state index < -0.39 is 0 Å². The van der Waals surface area contributed by atoms with Crippen LogP contribution in [0.15, 0.2) is 29.2 Å². The second-order valence-corrected chi connectivity index (χ2v) is 4.93. The highest BCUT2D eigenvalue weighted by Crippen LogP contribution is 2.37. The zero-order chi connectivity index (χ0) is 10.1. The molecule has 1 atom stereocenters. The summed E-state index contributed by atoms with van der Waals surface area (Å²) in [6.45, 7) is 0. The van der Waals surface area contributed by atoms with Crippen molar-refractivity contribution in [3.05, 3.63) is 35.7 Å². The van der Waals surface area contributed by atoms with E-state index in [1.54, 1.807) is 0 Å². The van der Waals surface area contributed by atoms with Gasteiger partial charge in [0.2, 0.25) is 0 Å². The van der Waals surface area contributed by atoms with Crippen LogP contribution in [0.5, 0.6) is 0 Å². The first kappa shape index (κ1) is 8.91. The van der Waals surface area contributed by atoms with Gasteiger partial charge in [0, 0.05) is 16.6 Å². The zero-order valence-corrected chi connectivity index (χ0v) is 8.87. The first-order valence-electron chi connectivity index (χ1n) is 4.89. The number of nitrogens with one attached hydrogen (secondary N) is 1. The molecule has 2 heterocycles. The minimum Gasteiger partial charge on any atom is -0.177 e. The number of benzene rings is 1. The van der Waals surface area contributed by atoms with E-state index in [2.05, 4.69) is 44.9 Å². The maximum absolute atomic E-state index is 3.98. The number of aromatic amines is 1. The van der Waals surface area contributed by atoms with Crippen molar-refractivity contribution in [2.45, 2.75) is 23.0 Å². The molecule has 76 valence electrons. The van der Waals surface area contributed by atoms with Gasteiger partial charge in [0.25, 0.3) is 0 Å². The Morgan fingerprint density at radius 1 is 1.40 bits per heavy atom. The van der Waals surface area contributed by atoms with Crippen molar-refractivity contribution in [1.29, 1.82) is 0 Å². The summed E-state index contributed by atoms with van der Waals surface area (Å²) in [5.41, 5.74) is 1.44. The molecule has 5 heteroatoms. The van der Waals surface area contributed by atoms with Crippen molar-refractivity contribution < 1.29 is 0 Å². The smallest absolute Gasteiger partial charge is 0.175 e. The van der Waals surface area contributed by atoms with E-state index >= 15 is 0 Å². The third-order valence-electron chi connectivity index (χ3n) is 2.51. The van der Waals surface area contributed by atoms with Gasteiger partial charge < -0.3 is 0 Å². The Bertz CT molecular complexity index is 426. The van der Waals surface area contributed by atoms with Gasteiger partial charge in [0.15, 0.2) is 5.82 Å². The number of rotatable bonds is 2. The summed E-state index contributed by atoms with van der Waals surface area (Å²) in [5.74, 6) is 0.806. The first-order valence-corrected chi connectivity index (χ1v) is 5.76. The Labute approximate surface area is 91.5 Å². The van der Waals surface area contributed by atoms with Gasteiger partial charge in [-0.3, -0.25) is 0 Å². The highest BCUT2D eigenvalue weighted by atomic mass is 32.2. The van der Waals surface area contributed by atoms with E-state index in [1.807, 2.05) is 11.8 Å². The molecule has 1 unspecified atom stereocenters. The second kappa shape index (κ2) is 3.66. The number of tetrazole rings is 1. The number of aromatic nitrogens is 4. The van der Waals surface area contributed by atoms with Crippen LogP contribution in [0.1, 0.15) is 11.4 Å². The van der Waals surface area contributed by atoms with E-state index in [1.165, 1.54) is 10.5 Å². The van der Waals surface area contributed by atoms with E-state index in [4.69, 9.17) is 0 Å². The molecule has 3 rings (SSSR count). The van der Waals surface area contributed by atoms with Gasteiger partial charge in [-0.1, -0.05) is 23.4 Å². The lowest BCUT2D eigenvalue weighted by Gasteiger charge is -2.02. The number of hydrogen-bond donors (Lipinski definition) is 1. The maximum Gasteiger partial charge on any atom is 0.175 e. The molecule has 0 radical (unpaired) electrons. The molecule has 0 aliphatic carbocycles. The fourth-order valence-electron chi connectivity index (χ4n) is 1.84. The Kier molecular flexibility index (Phi) is 2.17. The van der Waals surface area contributed by atoms with Gasteiger partial charge >= 0.3 is 0 Å². The number of nitrogens with zero attached hydrogens (tertiary/aromatic N) is 3. The van der Waals surface area contributed by atoms with Crippen LogP contribution < -0.4 is 0 Å². The summed E-state index contributed by atoms with van der Waals surface area (Å²) in [7, 11) is 0. The van der Waals surface area contributed by atoms with Gasteiger partial charge in [-0.25, -0.2) is 0 Å². The minimum atomic E-state index is 0.556. The predicted octanol–water partition coefficient (Wildman–Crippen LogP) is 1.46. The van der Waals surface area contributed by atoms with Gasteiger partial charge in [-0.2, -0.15) is 5.21 Å². The molecule has 1 aromatic heterocycles. The van der Waals surface area contributed by atoms with Crippen LogP contribution >= 0.6 is 11.8 Å². The Balaban J connectivity index is 1.74. The lowest BCUT2D eigenvalue weighted by atomic mass is 10.1. The van der Waals surface area contributed by atoms with Crippen LogP contribution in [-0.4, -0.2) is 25.9 Å². The van der Waals surface area contributed by atoms with Crippen LogP contribution in [0.2, 0.25) is 0 Å². The third kappa shape index (κ3) is 1.74. The Hall–Kier alpha value is -1.36. The molecule has 1 aliphatic rings. The van der Waals surface area contributed by atoms with E-state index in [0.29, 0.717) is 5.25 Å². The molecule has 0 saturated carbocycles. The molecule has 4 nitrogen and oxygen atoms in total. The van der Waals surface area contributed by atoms with Crippen LogP contribution in [0, 0.1) is 0 Å². The maximum atomic E-state index is 3.98. The molecule has 1 N–H and O–H groups in total. The fraction of sp³-hybridized carbons (Fsp3) is 0.300. The lowest BCUT2D eigenvalue weighted by Crippen LogP contribution is -2.06. The molecule has 0 saturated heterocycles. The monoisotopic (exact) mass is 218 g/mol. The zero-order valence-electron chi connectivity index (χ0n) is 8.05. The van der Waals surface area contributed by atoms with E-state index in [0.717, 1.165) is 18.7 Å². The van der Waals surface area contributed by atoms with Crippen LogP contribution in [0.3, 0.4) is 0 Å². The fourth-order valence-corrected chi connectivity index (χ4v) is 3.15. The lowest BCUT2D eigenvalue weighted by molar-refractivity contribution is 0.802. The number of thioether (sulfide) groups is 1. The van der Waals surface area contributed by atoms with Gasteiger partial charge in [0.1, 0.15) is 0 Å². The van der Waals surface area contributed by atoms with Crippen molar-refractivity contribution in [3.63, 3.8) is 0 Å². The van der Waals surface area contributed by atoms with E-state index in [-0.39, 0.29) is 0 Å². The summed E-state index contributed by atoms with van der Waals surface area (Å²) in [6.07, 6.45) is 1.99. The Morgan fingerprint density at radius 3 is 3.13 bits per heavy atom. The summed E-state index contributed by atoms with van der Waals surface area (Å²) in [5, 5.41) is 14.6. The molecule has 1 aliphatic heterocycles. The third-order valence-corrected chi connectivity index (χ3v) is 3.83. The van der Waals surface area contributed by atoms with Crippen LogP contribution in [-0.2, 0) is 12.8 Å². The molecule has 0 bridgehead atoms. The normalized spacial score (nSPS) is 19.1. The van der Waals surface area contributed by atoms with Crippen molar-refractivity contribution in [2.24, 2.45) is 0 Å². The van der Waals surface area contributed by atoms with Crippen LogP contribution in [0.4, 0.5) is 0 Å². The number of H-pyrrole nitrogens is 1. The van der Waals surface area contributed by atoms with Crippen molar-refractivity contribution in [2.75, 3.05) is 0 Å². The molecule has 0 fully saturated rings. The molecule has 1 aromatic carbocycles. The second-order valence-electron chi connectivity index (χ2n) is 3.58. The highest BCUT2D eigenvalue weighted by molar-refractivity contribution is 8.00. The summed E-state index contributed by atoms with van der Waals surface area (Å²) in [4.78, 5) is 1.39. The molecule has 0 amide bonds. The molecule has 0 spiro atoms. The average Bonchev–Trinajstić information content (AvgIpc) is 2.86. The topological polar surface area (TPSA) is 54.5 Å². The molecular formula is C10H10N4S. The van der Waals surface area contributed by atoms with E-state index in [9.17, 15) is 0 Å². The highest BCUT2D eigenvalue weighted by Gasteiger charge is 2.23. The van der Waals surface area contributed by atoms with Crippen molar-refractivity contribution in [1.82, 2.24) is 20.6 Å². The standard InChI is InChI=1S/C10H10N4S/c1-2-4-9-7(3-1)5-8(15-9)6-10-11-13-14-12-10/h1-4,8H,5-6H2,(H,11,12,13,14). The SMILES string of the molecule is c1ccc2c(c1)CC(Cc1nn[nH]n1)S2. The summed E-state index contributed by atoms with van der Waals surface area (Å²) < 4.78 is 0. The van der Waals surface area contributed by atoms with Gasteiger partial charge in [0.05, 0.1) is 0 Å². The first-order chi connectivity index (χ1) is 7.42. The summed E-state index contributed by atoms with van der Waals surface area (Å²) >= 11 is 1.91. The molecule has 15 heavy (non-hydrogen) atoms. The predicted molar refractivity (Wildman–Crippen MR) is 57.7 cm³/mol. The minimum absolute atomic E-state index is 0.556. The van der Waals surface area contributed by atoms with Crippen molar-refractivity contribution in [3.8, 4) is 0 Å². The number of hydrogen-bond acceptors (Lipinski definition) is 4. The Morgan fingerprint density at radius 2 is 2.33 bits per heavy atom.